The van der Waals surface area contributed by atoms with Gasteiger partial charge in [-0.25, -0.2) is 4.68 Å². The minimum atomic E-state index is 0.0855. The summed E-state index contributed by atoms with van der Waals surface area (Å²) >= 11 is 3.47. The third-order valence-corrected chi connectivity index (χ3v) is 4.85. The Morgan fingerprint density at radius 1 is 1.48 bits per heavy atom. The van der Waals surface area contributed by atoms with E-state index < -0.39 is 0 Å². The Labute approximate surface area is 144 Å². The Morgan fingerprint density at radius 2 is 2.30 bits per heavy atom. The summed E-state index contributed by atoms with van der Waals surface area (Å²) in [5.41, 5.74) is 2.52. The molecule has 1 unspecified atom stereocenters. The van der Waals surface area contributed by atoms with Gasteiger partial charge in [0.05, 0.1) is 23.1 Å². The van der Waals surface area contributed by atoms with E-state index in [-0.39, 0.29) is 5.91 Å². The van der Waals surface area contributed by atoms with Crippen LogP contribution < -0.4 is 5.32 Å². The molecule has 6 heteroatoms. The zero-order valence-electron chi connectivity index (χ0n) is 13.4. The van der Waals surface area contributed by atoms with Crippen LogP contribution in [0.5, 0.6) is 0 Å². The van der Waals surface area contributed by atoms with Crippen LogP contribution in [0.25, 0.3) is 5.69 Å². The third kappa shape index (κ3) is 3.33. The number of rotatable bonds is 4. The van der Waals surface area contributed by atoms with Gasteiger partial charge in [0, 0.05) is 17.6 Å². The van der Waals surface area contributed by atoms with Crippen LogP contribution in [0, 0.1) is 12.8 Å². The van der Waals surface area contributed by atoms with E-state index in [0.717, 1.165) is 41.9 Å². The Kier molecular flexibility index (Phi) is 4.82. The second-order valence-electron chi connectivity index (χ2n) is 6.00. The maximum atomic E-state index is 12.8. The molecule has 1 aliphatic heterocycles. The Balaban J connectivity index is 1.81. The van der Waals surface area contributed by atoms with Gasteiger partial charge in [0.2, 0.25) is 0 Å². The first-order valence-corrected chi connectivity index (χ1v) is 8.64. The number of nitrogens with zero attached hydrogens (tertiary/aromatic N) is 3. The number of benzene rings is 1. The van der Waals surface area contributed by atoms with Gasteiger partial charge in [-0.15, -0.1) is 0 Å². The monoisotopic (exact) mass is 376 g/mol. The minimum absolute atomic E-state index is 0.0855. The van der Waals surface area contributed by atoms with Gasteiger partial charge in [0.1, 0.15) is 0 Å². The van der Waals surface area contributed by atoms with E-state index in [2.05, 4.69) is 26.3 Å². The third-order valence-electron chi connectivity index (χ3n) is 4.36. The van der Waals surface area contributed by atoms with Crippen LogP contribution >= 0.6 is 15.9 Å². The molecular weight excluding hydrogens is 356 g/mol. The number of amides is 1. The number of hydrogen-bond donors (Lipinski definition) is 1. The van der Waals surface area contributed by atoms with Crippen molar-refractivity contribution in [1.82, 2.24) is 20.0 Å². The van der Waals surface area contributed by atoms with E-state index in [1.54, 1.807) is 6.20 Å². The molecule has 1 amide bonds. The molecule has 5 nitrogen and oxygen atoms in total. The van der Waals surface area contributed by atoms with E-state index in [0.29, 0.717) is 11.5 Å². The molecule has 1 N–H and O–H groups in total. The quantitative estimate of drug-likeness (QED) is 0.891. The van der Waals surface area contributed by atoms with Gasteiger partial charge in [0.15, 0.2) is 0 Å². The van der Waals surface area contributed by atoms with Crippen LogP contribution in [0.4, 0.5) is 0 Å². The first-order chi connectivity index (χ1) is 11.1. The highest BCUT2D eigenvalue weighted by atomic mass is 79.9. The van der Waals surface area contributed by atoms with E-state index in [1.807, 2.05) is 47.8 Å². The SMILES string of the molecule is CNCC1CCN(C(=O)c2cnn(-c3cccc(Br)c3)c2C)C1. The molecule has 1 aromatic carbocycles. The lowest BCUT2D eigenvalue weighted by molar-refractivity contribution is 0.0786. The number of likely N-dealkylation sites (tertiary alicyclic amines) is 1. The summed E-state index contributed by atoms with van der Waals surface area (Å²) in [6, 6.07) is 7.91. The van der Waals surface area contributed by atoms with Gasteiger partial charge in [0.25, 0.3) is 5.91 Å². The summed E-state index contributed by atoms with van der Waals surface area (Å²) in [6.45, 7) is 4.55. The molecule has 3 rings (SSSR count). The van der Waals surface area contributed by atoms with Crippen molar-refractivity contribution in [2.45, 2.75) is 13.3 Å². The van der Waals surface area contributed by atoms with E-state index in [4.69, 9.17) is 0 Å². The molecule has 1 aromatic heterocycles. The summed E-state index contributed by atoms with van der Waals surface area (Å²) in [5, 5.41) is 7.60. The van der Waals surface area contributed by atoms with Gasteiger partial charge in [-0.2, -0.15) is 5.10 Å². The normalized spacial score (nSPS) is 17.7. The van der Waals surface area contributed by atoms with Gasteiger partial charge in [-0.05, 0) is 51.1 Å². The van der Waals surface area contributed by atoms with Crippen LogP contribution in [0.1, 0.15) is 22.5 Å². The molecule has 1 fully saturated rings. The van der Waals surface area contributed by atoms with Crippen molar-refractivity contribution >= 4 is 21.8 Å². The molecule has 122 valence electrons. The largest absolute Gasteiger partial charge is 0.338 e. The van der Waals surface area contributed by atoms with Crippen LogP contribution in [-0.4, -0.2) is 47.3 Å². The average molecular weight is 377 g/mol. The number of aromatic nitrogens is 2. The highest BCUT2D eigenvalue weighted by Crippen LogP contribution is 2.22. The van der Waals surface area contributed by atoms with E-state index in [9.17, 15) is 4.79 Å². The molecule has 1 aliphatic rings. The highest BCUT2D eigenvalue weighted by Gasteiger charge is 2.28. The standard InChI is InChI=1S/C17H21BrN4O/c1-12-16(17(23)21-7-6-13(11-21)9-19-2)10-20-22(12)15-5-3-4-14(18)8-15/h3-5,8,10,13,19H,6-7,9,11H2,1-2H3. The predicted octanol–water partition coefficient (Wildman–Crippen LogP) is 2.62. The second-order valence-corrected chi connectivity index (χ2v) is 6.91. The number of hydrogen-bond acceptors (Lipinski definition) is 3. The fourth-order valence-electron chi connectivity index (χ4n) is 3.13. The average Bonchev–Trinajstić information content (AvgIpc) is 3.14. The maximum absolute atomic E-state index is 12.8. The van der Waals surface area contributed by atoms with Crippen LogP contribution in [0.3, 0.4) is 0 Å². The molecular formula is C17H21BrN4O. The number of carbonyl (C=O) groups excluding carboxylic acids is 1. The topological polar surface area (TPSA) is 50.2 Å². The first-order valence-electron chi connectivity index (χ1n) is 7.84. The smallest absolute Gasteiger partial charge is 0.257 e. The second kappa shape index (κ2) is 6.84. The van der Waals surface area contributed by atoms with Crippen molar-refractivity contribution in [3.63, 3.8) is 0 Å². The van der Waals surface area contributed by atoms with Crippen molar-refractivity contribution in [3.05, 3.63) is 46.2 Å². The fourth-order valence-corrected chi connectivity index (χ4v) is 3.52. The first kappa shape index (κ1) is 16.2. The summed E-state index contributed by atoms with van der Waals surface area (Å²) in [7, 11) is 1.96. The molecule has 23 heavy (non-hydrogen) atoms. The van der Waals surface area contributed by atoms with Gasteiger partial charge in [-0.3, -0.25) is 4.79 Å². The molecule has 0 bridgehead atoms. The molecule has 0 spiro atoms. The Morgan fingerprint density at radius 3 is 3.04 bits per heavy atom. The number of halogens is 1. The molecule has 1 atom stereocenters. The van der Waals surface area contributed by atoms with E-state index >= 15 is 0 Å². The zero-order valence-corrected chi connectivity index (χ0v) is 15.0. The minimum Gasteiger partial charge on any atom is -0.338 e. The van der Waals surface area contributed by atoms with Gasteiger partial charge in [-0.1, -0.05) is 22.0 Å². The zero-order chi connectivity index (χ0) is 16.4. The number of carbonyl (C=O) groups is 1. The van der Waals surface area contributed by atoms with Crippen LogP contribution in [0.15, 0.2) is 34.9 Å². The lowest BCUT2D eigenvalue weighted by Crippen LogP contribution is -2.30. The molecule has 0 saturated carbocycles. The van der Waals surface area contributed by atoms with Crippen molar-refractivity contribution in [2.75, 3.05) is 26.7 Å². The fraction of sp³-hybridized carbons (Fsp3) is 0.412. The highest BCUT2D eigenvalue weighted by molar-refractivity contribution is 9.10. The molecule has 0 aliphatic carbocycles. The Hall–Kier alpha value is -1.66. The maximum Gasteiger partial charge on any atom is 0.257 e. The molecule has 2 aromatic rings. The van der Waals surface area contributed by atoms with Crippen LogP contribution in [-0.2, 0) is 0 Å². The Bertz CT molecular complexity index is 712. The number of nitrogens with one attached hydrogen (secondary N) is 1. The lowest BCUT2D eigenvalue weighted by atomic mass is 10.1. The summed E-state index contributed by atoms with van der Waals surface area (Å²) in [4.78, 5) is 14.7. The lowest BCUT2D eigenvalue weighted by Gasteiger charge is -2.16. The van der Waals surface area contributed by atoms with Crippen molar-refractivity contribution in [2.24, 2.45) is 5.92 Å². The summed E-state index contributed by atoms with van der Waals surface area (Å²) in [6.07, 6.45) is 2.75. The predicted molar refractivity (Wildman–Crippen MR) is 93.9 cm³/mol. The molecule has 2 heterocycles. The van der Waals surface area contributed by atoms with Crippen molar-refractivity contribution in [1.29, 1.82) is 0 Å². The van der Waals surface area contributed by atoms with Crippen molar-refractivity contribution in [3.8, 4) is 5.69 Å². The van der Waals surface area contributed by atoms with E-state index in [1.165, 1.54) is 0 Å². The molecule has 0 radical (unpaired) electrons. The summed E-state index contributed by atoms with van der Waals surface area (Å²) in [5.74, 6) is 0.631. The summed E-state index contributed by atoms with van der Waals surface area (Å²) < 4.78 is 2.81. The molecule has 1 saturated heterocycles. The van der Waals surface area contributed by atoms with Gasteiger partial charge >= 0.3 is 0 Å². The van der Waals surface area contributed by atoms with Crippen LogP contribution in [0.2, 0.25) is 0 Å². The van der Waals surface area contributed by atoms with Gasteiger partial charge < -0.3 is 10.2 Å². The van der Waals surface area contributed by atoms with Crippen molar-refractivity contribution < 1.29 is 4.79 Å².